The van der Waals surface area contributed by atoms with Gasteiger partial charge in [0, 0.05) is 0 Å². The predicted molar refractivity (Wildman–Crippen MR) is 112 cm³/mol. The summed E-state index contributed by atoms with van der Waals surface area (Å²) in [5.74, 6) is 0.528. The van der Waals surface area contributed by atoms with E-state index in [0.717, 1.165) is 0 Å². The van der Waals surface area contributed by atoms with Crippen LogP contribution in [0.1, 0.15) is 103 Å². The van der Waals surface area contributed by atoms with Gasteiger partial charge >= 0.3 is 0 Å². The van der Waals surface area contributed by atoms with Gasteiger partial charge in [0.25, 0.3) is 0 Å². The molecule has 0 aromatic carbocycles. The molecule has 1 unspecified atom stereocenters. The molecule has 136 valence electrons. The Morgan fingerprint density at radius 3 is 1.13 bits per heavy atom. The Bertz CT molecular complexity index is 238. The fourth-order valence-corrected chi connectivity index (χ4v) is 3.44. The van der Waals surface area contributed by atoms with Gasteiger partial charge in [-0.25, -0.2) is 0 Å². The number of hydrogen-bond acceptors (Lipinski definition) is 0. The van der Waals surface area contributed by atoms with Crippen molar-refractivity contribution in [2.75, 3.05) is 6.16 Å². The maximum Gasteiger partial charge on any atom is -0.00589 e. The molecule has 0 heterocycles. The van der Waals surface area contributed by atoms with Crippen molar-refractivity contribution in [3.05, 3.63) is 25.3 Å². The topological polar surface area (TPSA) is 0 Å². The van der Waals surface area contributed by atoms with Gasteiger partial charge in [-0.05, 0) is 24.9 Å². The van der Waals surface area contributed by atoms with Crippen molar-refractivity contribution < 1.29 is 0 Å². The van der Waals surface area contributed by atoms with E-state index < -0.39 is 0 Å². The second-order valence-electron chi connectivity index (χ2n) is 7.02. The largest absolute Gasteiger partial charge is 0.138 e. The van der Waals surface area contributed by atoms with Crippen LogP contribution in [0.3, 0.4) is 0 Å². The van der Waals surface area contributed by atoms with Gasteiger partial charge in [0.2, 0.25) is 0 Å². The summed E-state index contributed by atoms with van der Waals surface area (Å²) in [6.45, 7) is 7.70. The van der Waals surface area contributed by atoms with Gasteiger partial charge < -0.3 is 0 Å². The highest BCUT2D eigenvalue weighted by molar-refractivity contribution is 7.16. The summed E-state index contributed by atoms with van der Waals surface area (Å²) in [4.78, 5) is 0. The molecule has 1 atom stereocenters. The zero-order chi connectivity index (χ0) is 17.0. The van der Waals surface area contributed by atoms with Crippen LogP contribution in [0.15, 0.2) is 25.3 Å². The van der Waals surface area contributed by atoms with Gasteiger partial charge in [-0.1, -0.05) is 102 Å². The first-order valence-electron chi connectivity index (χ1n) is 10.3. The van der Waals surface area contributed by atoms with E-state index in [-0.39, 0.29) is 0 Å². The SMILES string of the molecule is C=CC(C=C)CCCCCCCCCCCCCCCCCP. The molecule has 0 spiro atoms. The molecule has 0 aliphatic heterocycles. The molecule has 0 aromatic heterocycles. The monoisotopic (exact) mass is 338 g/mol. The van der Waals surface area contributed by atoms with E-state index in [4.69, 9.17) is 0 Å². The molecule has 0 radical (unpaired) electrons. The lowest BCUT2D eigenvalue weighted by Crippen LogP contribution is -1.90. The van der Waals surface area contributed by atoms with Gasteiger partial charge in [0.05, 0.1) is 0 Å². The molecule has 0 fully saturated rings. The van der Waals surface area contributed by atoms with E-state index in [1.165, 1.54) is 109 Å². The number of allylic oxidation sites excluding steroid dienone is 2. The smallest absolute Gasteiger partial charge is 0.00589 e. The predicted octanol–water partition coefficient (Wildman–Crippen LogP) is 8.09. The molecular weight excluding hydrogens is 295 g/mol. The van der Waals surface area contributed by atoms with Crippen molar-refractivity contribution in [2.24, 2.45) is 5.92 Å². The summed E-state index contributed by atoms with van der Waals surface area (Å²) >= 11 is 0. The molecule has 0 saturated carbocycles. The van der Waals surface area contributed by atoms with E-state index >= 15 is 0 Å². The van der Waals surface area contributed by atoms with Crippen LogP contribution in [-0.2, 0) is 0 Å². The zero-order valence-electron chi connectivity index (χ0n) is 15.7. The molecule has 23 heavy (non-hydrogen) atoms. The molecule has 1 heteroatoms. The number of hydrogen-bond donors (Lipinski definition) is 0. The lowest BCUT2D eigenvalue weighted by Gasteiger charge is -2.06. The van der Waals surface area contributed by atoms with Crippen LogP contribution >= 0.6 is 9.24 Å². The Hall–Kier alpha value is -0.0900. The molecule has 0 saturated heterocycles. The van der Waals surface area contributed by atoms with Crippen LogP contribution < -0.4 is 0 Å². The van der Waals surface area contributed by atoms with Crippen LogP contribution in [0, 0.1) is 5.92 Å². The first-order chi connectivity index (χ1) is 11.3. The quantitative estimate of drug-likeness (QED) is 0.127. The molecule has 0 N–H and O–H groups in total. The summed E-state index contributed by atoms with van der Waals surface area (Å²) < 4.78 is 0. The molecule has 0 aromatic rings. The molecule has 0 nitrogen and oxygen atoms in total. The van der Waals surface area contributed by atoms with E-state index in [2.05, 4.69) is 22.4 Å². The van der Waals surface area contributed by atoms with Crippen molar-refractivity contribution >= 4 is 9.24 Å². The van der Waals surface area contributed by atoms with Gasteiger partial charge in [-0.3, -0.25) is 0 Å². The highest BCUT2D eigenvalue weighted by atomic mass is 31.0. The average molecular weight is 339 g/mol. The van der Waals surface area contributed by atoms with Crippen molar-refractivity contribution in [3.8, 4) is 0 Å². The van der Waals surface area contributed by atoms with Crippen LogP contribution in [0.5, 0.6) is 0 Å². The van der Waals surface area contributed by atoms with Crippen molar-refractivity contribution in [1.82, 2.24) is 0 Å². The summed E-state index contributed by atoms with van der Waals surface area (Å²) in [7, 11) is 2.83. The van der Waals surface area contributed by atoms with E-state index in [1.807, 2.05) is 12.2 Å². The summed E-state index contributed by atoms with van der Waals surface area (Å²) in [5.41, 5.74) is 0. The Balaban J connectivity index is 3.05. The zero-order valence-corrected chi connectivity index (χ0v) is 16.9. The van der Waals surface area contributed by atoms with E-state index in [9.17, 15) is 0 Å². The summed E-state index contributed by atoms with van der Waals surface area (Å²) in [6.07, 6.45) is 28.1. The van der Waals surface area contributed by atoms with E-state index in [1.54, 1.807) is 0 Å². The first kappa shape index (κ1) is 22.9. The molecule has 0 rings (SSSR count). The maximum atomic E-state index is 3.85. The van der Waals surface area contributed by atoms with Gasteiger partial charge in [0.15, 0.2) is 0 Å². The molecule has 0 amide bonds. The van der Waals surface area contributed by atoms with Gasteiger partial charge in [0.1, 0.15) is 0 Å². The molecular formula is C22H43P. The van der Waals surface area contributed by atoms with E-state index in [0.29, 0.717) is 5.92 Å². The highest BCUT2D eigenvalue weighted by Gasteiger charge is 1.98. The maximum absolute atomic E-state index is 3.85. The minimum absolute atomic E-state index is 0.528. The van der Waals surface area contributed by atoms with Gasteiger partial charge in [-0.2, -0.15) is 0 Å². The minimum Gasteiger partial charge on any atom is -0.138 e. The summed E-state index contributed by atoms with van der Waals surface area (Å²) in [5, 5.41) is 0. The number of rotatable bonds is 19. The molecule has 0 bridgehead atoms. The Labute approximate surface area is 149 Å². The molecule has 0 aliphatic carbocycles. The third-order valence-electron chi connectivity index (χ3n) is 4.85. The molecule has 0 aliphatic rings. The third kappa shape index (κ3) is 18.1. The minimum atomic E-state index is 0.528. The average Bonchev–Trinajstić information content (AvgIpc) is 2.58. The lowest BCUT2D eigenvalue weighted by atomic mass is 10.00. The highest BCUT2D eigenvalue weighted by Crippen LogP contribution is 2.15. The van der Waals surface area contributed by atoms with Crippen LogP contribution in [-0.4, -0.2) is 6.16 Å². The normalized spacial score (nSPS) is 11.0. The van der Waals surface area contributed by atoms with Crippen LogP contribution in [0.4, 0.5) is 0 Å². The van der Waals surface area contributed by atoms with Crippen LogP contribution in [0.2, 0.25) is 0 Å². The number of unbranched alkanes of at least 4 members (excludes halogenated alkanes) is 14. The van der Waals surface area contributed by atoms with Gasteiger partial charge in [-0.15, -0.1) is 22.4 Å². The second kappa shape index (κ2) is 20.0. The second-order valence-corrected chi connectivity index (χ2v) is 7.59. The first-order valence-corrected chi connectivity index (χ1v) is 11.1. The lowest BCUT2D eigenvalue weighted by molar-refractivity contribution is 0.524. The standard InChI is InChI=1S/C22H43P/c1-3-22(4-2)20-18-16-14-12-10-8-6-5-7-9-11-13-15-17-19-21-23/h3-4,22H,1-2,5-21,23H2. The fourth-order valence-electron chi connectivity index (χ4n) is 3.15. The Morgan fingerprint density at radius 2 is 0.826 bits per heavy atom. The third-order valence-corrected chi connectivity index (χ3v) is 5.26. The Morgan fingerprint density at radius 1 is 0.522 bits per heavy atom. The van der Waals surface area contributed by atoms with Crippen molar-refractivity contribution in [2.45, 2.75) is 103 Å². The van der Waals surface area contributed by atoms with Crippen LogP contribution in [0.25, 0.3) is 0 Å². The summed E-state index contributed by atoms with van der Waals surface area (Å²) in [6, 6.07) is 0. The van der Waals surface area contributed by atoms with Crippen molar-refractivity contribution in [1.29, 1.82) is 0 Å². The van der Waals surface area contributed by atoms with Crippen molar-refractivity contribution in [3.63, 3.8) is 0 Å². The fraction of sp³-hybridized carbons (Fsp3) is 0.818. The Kier molecular flexibility index (Phi) is 19.9.